The topological polar surface area (TPSA) is 128 Å². The summed E-state index contributed by atoms with van der Waals surface area (Å²) in [6.07, 6.45) is -2.85. The Morgan fingerprint density at radius 2 is 1.77 bits per heavy atom. The minimum absolute atomic E-state index is 0.00744. The Hall–Kier alpha value is -4.29. The van der Waals surface area contributed by atoms with Crippen LogP contribution in [0, 0.1) is 16.8 Å². The van der Waals surface area contributed by atoms with Gasteiger partial charge in [0.15, 0.2) is 17.4 Å². The van der Waals surface area contributed by atoms with Gasteiger partial charge in [-0.05, 0) is 36.4 Å². The first kappa shape index (κ1) is 35.0. The van der Waals surface area contributed by atoms with Crippen molar-refractivity contribution in [3.63, 3.8) is 0 Å². The molecule has 1 aliphatic rings. The van der Waals surface area contributed by atoms with Crippen LogP contribution in [0.1, 0.15) is 5.56 Å². The van der Waals surface area contributed by atoms with Crippen LogP contribution in [-0.4, -0.2) is 56.3 Å². The number of anilines is 2. The molecule has 0 atom stereocenters. The lowest BCUT2D eigenvalue weighted by molar-refractivity contribution is -0.267. The number of halogens is 5. The highest BCUT2D eigenvalue weighted by atomic mass is 28.3. The monoisotopic (exact) mass is 695 g/mol. The van der Waals surface area contributed by atoms with Crippen molar-refractivity contribution >= 4 is 36.6 Å². The van der Waals surface area contributed by atoms with E-state index < -0.39 is 49.9 Å². The van der Waals surface area contributed by atoms with Gasteiger partial charge in [-0.3, -0.25) is 5.32 Å². The summed E-state index contributed by atoms with van der Waals surface area (Å²) in [6, 6.07) is 9.17. The average molecular weight is 696 g/mol. The Morgan fingerprint density at radius 3 is 2.35 bits per heavy atom. The van der Waals surface area contributed by atoms with Crippen molar-refractivity contribution in [2.75, 3.05) is 37.2 Å². The Bertz CT molecular complexity index is 1740. The largest absolute Gasteiger partial charge is 0.761 e. The highest BCUT2D eigenvalue weighted by molar-refractivity contribution is 6.76. The molecule has 3 heterocycles. The van der Waals surface area contributed by atoms with Gasteiger partial charge >= 0.3 is 12.3 Å². The summed E-state index contributed by atoms with van der Waals surface area (Å²) in [7, 11) is -1.42. The number of hydrogen-bond donors (Lipinski definition) is 2. The van der Waals surface area contributed by atoms with Crippen molar-refractivity contribution < 1.29 is 50.4 Å². The number of carbonyl (C=O) groups excluding carboxylic acids is 1. The minimum atomic E-state index is -4.63. The third-order valence-corrected chi connectivity index (χ3v) is 8.96. The number of ether oxygens (including phenoxy) is 5. The summed E-state index contributed by atoms with van der Waals surface area (Å²) in [5, 5.41) is 13.0. The van der Waals surface area contributed by atoms with Gasteiger partial charge in [0.05, 0.1) is 24.3 Å². The molecular weight excluding hydrogens is 663 g/mol. The van der Waals surface area contributed by atoms with Gasteiger partial charge in [0.1, 0.15) is 36.1 Å². The van der Waals surface area contributed by atoms with Crippen LogP contribution in [-0.2, 0) is 26.5 Å². The van der Waals surface area contributed by atoms with Crippen molar-refractivity contribution in [3.8, 4) is 17.2 Å². The van der Waals surface area contributed by atoms with E-state index in [-0.39, 0.29) is 59.4 Å². The third-order valence-electron chi connectivity index (χ3n) is 7.26. The fraction of sp³-hybridized carbons (Fsp3) is 0.355. The first-order valence-electron chi connectivity index (χ1n) is 14.6. The van der Waals surface area contributed by atoms with E-state index in [0.717, 1.165) is 18.2 Å². The average Bonchev–Trinajstić information content (AvgIpc) is 3.35. The number of benzene rings is 2. The summed E-state index contributed by atoms with van der Waals surface area (Å²) in [5.74, 6) is -3.31. The first-order valence-corrected chi connectivity index (χ1v) is 18.4. The molecule has 0 aliphatic carbocycles. The number of amides is 1. The lowest BCUT2D eigenvalue weighted by atomic mass is 9.91. The number of hydrogen-bond acceptors (Lipinski definition) is 9. The predicted molar refractivity (Wildman–Crippen MR) is 168 cm³/mol. The van der Waals surface area contributed by atoms with Crippen LogP contribution < -0.4 is 20.3 Å². The van der Waals surface area contributed by atoms with Crippen molar-refractivity contribution in [2.45, 2.75) is 44.2 Å². The smallest absolute Gasteiger partial charge is 0.417 e. The molecule has 1 aliphatic heterocycles. The summed E-state index contributed by atoms with van der Waals surface area (Å²) >= 11 is 0. The number of aromatic nitrogens is 2. The van der Waals surface area contributed by atoms with Crippen molar-refractivity contribution in [1.82, 2.24) is 9.55 Å². The Morgan fingerprint density at radius 1 is 1.08 bits per heavy atom. The zero-order chi connectivity index (χ0) is 34.7. The number of carbonyl (C=O) groups is 1. The van der Waals surface area contributed by atoms with Crippen LogP contribution in [0.15, 0.2) is 54.9 Å². The standard InChI is InChI=1S/C31H32F5N4O7Si/c1-48(2,3)11-10-43-18-40-14-22(30(15-44-16-30)45-17-31(34,35)36)26-25(8-9-37-28(26)40)47-27-23(32)12-20(13-24(27)33)38-29(41)46-21-6-4-19(39-42)5-7-21/h4-9,12-14,39H,10-11,15-18H2,1-3H3,(H,38,41)/q-1. The molecule has 0 unspecified atom stereocenters. The summed E-state index contributed by atoms with van der Waals surface area (Å²) in [5.41, 5.74) is 0.493. The maximum atomic E-state index is 15.3. The van der Waals surface area contributed by atoms with Crippen LogP contribution in [0.3, 0.4) is 0 Å². The van der Waals surface area contributed by atoms with Gasteiger partial charge in [0.2, 0.25) is 0 Å². The molecule has 2 aromatic carbocycles. The van der Waals surface area contributed by atoms with Gasteiger partial charge in [-0.25, -0.2) is 18.6 Å². The molecule has 0 radical (unpaired) electrons. The van der Waals surface area contributed by atoms with E-state index in [2.05, 4.69) is 29.9 Å². The molecule has 258 valence electrons. The molecule has 48 heavy (non-hydrogen) atoms. The van der Waals surface area contributed by atoms with Crippen LogP contribution in [0.2, 0.25) is 25.7 Å². The second kappa shape index (κ2) is 14.1. The van der Waals surface area contributed by atoms with E-state index in [0.29, 0.717) is 6.61 Å². The van der Waals surface area contributed by atoms with E-state index >= 15 is 8.78 Å². The zero-order valence-electron chi connectivity index (χ0n) is 26.1. The highest BCUT2D eigenvalue weighted by Gasteiger charge is 2.47. The Kier molecular flexibility index (Phi) is 10.3. The number of nitrogens with zero attached hydrogens (tertiary/aromatic N) is 2. The van der Waals surface area contributed by atoms with E-state index in [4.69, 9.17) is 23.7 Å². The highest BCUT2D eigenvalue weighted by Crippen LogP contribution is 2.44. The van der Waals surface area contributed by atoms with Crippen LogP contribution in [0.25, 0.3) is 11.0 Å². The van der Waals surface area contributed by atoms with Crippen LogP contribution in [0.5, 0.6) is 17.2 Å². The summed E-state index contributed by atoms with van der Waals surface area (Å²) < 4.78 is 99.2. The van der Waals surface area contributed by atoms with E-state index in [1.54, 1.807) is 10.0 Å². The van der Waals surface area contributed by atoms with Gasteiger partial charge in [-0.15, -0.1) is 0 Å². The molecule has 11 nitrogen and oxygen atoms in total. The Balaban J connectivity index is 1.43. The van der Waals surface area contributed by atoms with E-state index in [9.17, 15) is 23.2 Å². The molecule has 5 rings (SSSR count). The molecule has 0 bridgehead atoms. The van der Waals surface area contributed by atoms with Gasteiger partial charge in [-0.1, -0.05) is 19.6 Å². The van der Waals surface area contributed by atoms with Crippen molar-refractivity contribution in [3.05, 3.63) is 77.3 Å². The fourth-order valence-electron chi connectivity index (χ4n) is 4.76. The zero-order valence-corrected chi connectivity index (χ0v) is 27.1. The maximum absolute atomic E-state index is 15.3. The Labute approximate surface area is 272 Å². The second-order valence-corrected chi connectivity index (χ2v) is 17.9. The van der Waals surface area contributed by atoms with E-state index in [1.165, 1.54) is 42.7 Å². The number of rotatable bonds is 13. The molecule has 2 aromatic heterocycles. The van der Waals surface area contributed by atoms with Crippen molar-refractivity contribution in [2.24, 2.45) is 0 Å². The molecular formula is C31H32F5N4O7Si-. The first-order chi connectivity index (χ1) is 22.7. The molecule has 0 saturated carbocycles. The van der Waals surface area contributed by atoms with E-state index in [1.807, 2.05) is 0 Å². The number of alkyl halides is 3. The molecule has 0 spiro atoms. The van der Waals surface area contributed by atoms with Gasteiger partial charge in [0, 0.05) is 50.5 Å². The maximum Gasteiger partial charge on any atom is 0.417 e. The number of nitrogens with one attached hydrogen (secondary N) is 2. The lowest BCUT2D eigenvalue weighted by Gasteiger charge is -2.41. The van der Waals surface area contributed by atoms with Gasteiger partial charge < -0.3 is 38.9 Å². The van der Waals surface area contributed by atoms with Crippen LogP contribution in [0.4, 0.5) is 38.1 Å². The van der Waals surface area contributed by atoms with Crippen molar-refractivity contribution in [1.29, 1.82) is 0 Å². The SMILES string of the molecule is C[Si](C)(C)CCOCn1cc(C2(OCC(F)(F)F)COC2)c2c(Oc3c(F)cc(NC(=O)Oc4ccc(N[O-])cc4)cc3F)ccnc21. The normalized spacial score (nSPS) is 14.4. The van der Waals surface area contributed by atoms with Crippen LogP contribution >= 0.6 is 0 Å². The molecule has 1 saturated heterocycles. The molecule has 1 amide bonds. The quantitative estimate of drug-likeness (QED) is 0.0625. The second-order valence-electron chi connectivity index (χ2n) is 12.3. The fourth-order valence-corrected chi connectivity index (χ4v) is 5.52. The number of fused-ring (bicyclic) bond motifs is 1. The molecule has 17 heteroatoms. The summed E-state index contributed by atoms with van der Waals surface area (Å²) in [4.78, 5) is 16.7. The summed E-state index contributed by atoms with van der Waals surface area (Å²) in [6.45, 7) is 5.00. The third kappa shape index (κ3) is 8.40. The molecule has 4 aromatic rings. The lowest BCUT2D eigenvalue weighted by Crippen LogP contribution is -2.50. The minimum Gasteiger partial charge on any atom is -0.761 e. The molecule has 1 fully saturated rings. The molecule has 2 N–H and O–H groups in total. The van der Waals surface area contributed by atoms with Gasteiger partial charge in [-0.2, -0.15) is 13.2 Å². The number of pyridine rings is 1. The predicted octanol–water partition coefficient (Wildman–Crippen LogP) is 7.74. The van der Waals surface area contributed by atoms with Gasteiger partial charge in [0.25, 0.3) is 0 Å².